The van der Waals surface area contributed by atoms with Crippen molar-refractivity contribution in [1.82, 2.24) is 5.32 Å². The molecule has 0 saturated carbocycles. The molecule has 2 heterocycles. The second-order valence-electron chi connectivity index (χ2n) is 16.4. The fraction of sp³-hybridized carbons (Fsp3) is 0.787. The minimum Gasteiger partial charge on any atom is -0.466 e. The molecule has 12 heteroatoms. The van der Waals surface area contributed by atoms with Gasteiger partial charge in [0.15, 0.2) is 6.10 Å². The summed E-state index contributed by atoms with van der Waals surface area (Å²) in [4.78, 5) is 35.3. The van der Waals surface area contributed by atoms with Crippen molar-refractivity contribution in [3.05, 3.63) is 45.8 Å². The van der Waals surface area contributed by atoms with Crippen LogP contribution in [0.3, 0.4) is 0 Å². The van der Waals surface area contributed by atoms with E-state index < -0.39 is 32.5 Å². The summed E-state index contributed by atoms with van der Waals surface area (Å²) in [5, 5.41) is 2.83. The minimum absolute atomic E-state index is 0.0300. The molecule has 0 amide bonds. The number of rotatable bonds is 38. The highest BCUT2D eigenvalue weighted by Crippen LogP contribution is 2.43. The minimum atomic E-state index is -4.38. The third kappa shape index (κ3) is 24.6. The number of hydrogen-bond donors (Lipinski definition) is 2. The Balaban J connectivity index is 1.62. The fourth-order valence-electron chi connectivity index (χ4n) is 7.22. The van der Waals surface area contributed by atoms with Crippen LogP contribution in [0.5, 0.6) is 0 Å². The van der Waals surface area contributed by atoms with Crippen LogP contribution in [0.2, 0.25) is 0 Å². The topological polar surface area (TPSA) is 147 Å². The summed E-state index contributed by atoms with van der Waals surface area (Å²) < 4.78 is 45.7. The van der Waals surface area contributed by atoms with Gasteiger partial charge >= 0.3 is 19.8 Å². The van der Waals surface area contributed by atoms with Gasteiger partial charge in [0.2, 0.25) is 0 Å². The molecule has 340 valence electrons. The maximum absolute atomic E-state index is 12.7. The standard InChI is InChI=1S/C47H82NO10P/c1-7-9-21-27-41-35-38(3)43(56-41)28-23-17-15-16-19-25-31-46(49)53-36-42(37-55-59(51,52)54-34-33-48-6)57-47(50)32-26-20-14-12-11-13-18-24-30-45-40(5)39(4)44(58-45)29-22-10-8-2/h35,42,48H,7-34,36-37H2,1-6H3,(H,51,52)/t42-/m1/s1. The zero-order valence-electron chi connectivity index (χ0n) is 37.9. The Labute approximate surface area is 357 Å². The maximum atomic E-state index is 12.7. The van der Waals surface area contributed by atoms with E-state index in [0.29, 0.717) is 19.4 Å². The number of carbonyl (C=O) groups is 2. The summed E-state index contributed by atoms with van der Waals surface area (Å²) in [5.41, 5.74) is 3.90. The predicted molar refractivity (Wildman–Crippen MR) is 236 cm³/mol. The summed E-state index contributed by atoms with van der Waals surface area (Å²) in [6, 6.07) is 2.19. The number of hydrogen-bond acceptors (Lipinski definition) is 10. The molecule has 0 aliphatic heterocycles. The number of carbonyl (C=O) groups excluding carboxylic acids is 2. The van der Waals surface area contributed by atoms with Crippen molar-refractivity contribution in [3.8, 4) is 0 Å². The number of ether oxygens (including phenoxy) is 2. The predicted octanol–water partition coefficient (Wildman–Crippen LogP) is 12.1. The zero-order chi connectivity index (χ0) is 43.1. The Hall–Kier alpha value is -2.43. The molecule has 1 unspecified atom stereocenters. The molecule has 2 atom stereocenters. The Morgan fingerprint density at radius 3 is 1.69 bits per heavy atom. The summed E-state index contributed by atoms with van der Waals surface area (Å²) in [6.45, 7) is 10.6. The van der Waals surface area contributed by atoms with Crippen molar-refractivity contribution in [3.63, 3.8) is 0 Å². The van der Waals surface area contributed by atoms with Crippen LogP contribution >= 0.6 is 7.82 Å². The summed E-state index contributed by atoms with van der Waals surface area (Å²) >= 11 is 0. The molecule has 2 aromatic heterocycles. The molecule has 11 nitrogen and oxygen atoms in total. The van der Waals surface area contributed by atoms with E-state index in [9.17, 15) is 19.0 Å². The van der Waals surface area contributed by atoms with Crippen molar-refractivity contribution < 1.29 is 46.4 Å². The first kappa shape index (κ1) is 52.7. The van der Waals surface area contributed by atoms with Crippen LogP contribution in [0.4, 0.5) is 0 Å². The van der Waals surface area contributed by atoms with Gasteiger partial charge in [-0.3, -0.25) is 18.6 Å². The molecule has 2 rings (SSSR count). The fourth-order valence-corrected chi connectivity index (χ4v) is 7.97. The van der Waals surface area contributed by atoms with Crippen LogP contribution in [0.1, 0.15) is 195 Å². The first-order chi connectivity index (χ1) is 28.5. The Bertz CT molecular complexity index is 1450. The molecule has 2 N–H and O–H groups in total. The Morgan fingerprint density at radius 2 is 1.14 bits per heavy atom. The van der Waals surface area contributed by atoms with Crippen LogP contribution in [0, 0.1) is 20.8 Å². The SMILES string of the molecule is CCCCCc1cc(C)c(CCCCCCCCC(=O)OC[C@H](COP(=O)(O)OCCNC)OC(=O)CCCCCCCCCCc2oc(CCCCC)c(C)c2C)o1. The van der Waals surface area contributed by atoms with Gasteiger partial charge in [0.05, 0.1) is 13.2 Å². The molecule has 0 aromatic carbocycles. The number of likely N-dealkylation sites (N-methyl/N-ethyl adjacent to an activating group) is 1. The molecule has 0 spiro atoms. The van der Waals surface area contributed by atoms with Gasteiger partial charge in [-0.1, -0.05) is 104 Å². The number of esters is 2. The van der Waals surface area contributed by atoms with Gasteiger partial charge in [-0.25, -0.2) is 4.57 Å². The summed E-state index contributed by atoms with van der Waals surface area (Å²) in [7, 11) is -2.68. The van der Waals surface area contributed by atoms with Crippen LogP contribution in [-0.4, -0.2) is 56.3 Å². The van der Waals surface area contributed by atoms with E-state index >= 15 is 0 Å². The van der Waals surface area contributed by atoms with E-state index in [1.807, 2.05) is 0 Å². The smallest absolute Gasteiger partial charge is 0.466 e. The van der Waals surface area contributed by atoms with E-state index in [0.717, 1.165) is 107 Å². The van der Waals surface area contributed by atoms with Gasteiger partial charge in [-0.2, -0.15) is 0 Å². The second kappa shape index (κ2) is 32.3. The average Bonchev–Trinajstić information content (AvgIpc) is 3.70. The number of unbranched alkanes of at least 4 members (excludes halogenated alkanes) is 16. The van der Waals surface area contributed by atoms with Crippen molar-refractivity contribution >= 4 is 19.8 Å². The average molecular weight is 852 g/mol. The van der Waals surface area contributed by atoms with Gasteiger partial charge in [-0.15, -0.1) is 0 Å². The van der Waals surface area contributed by atoms with Gasteiger partial charge in [0.25, 0.3) is 0 Å². The lowest BCUT2D eigenvalue weighted by Crippen LogP contribution is -2.29. The molecular weight excluding hydrogens is 769 g/mol. The van der Waals surface area contributed by atoms with E-state index in [1.165, 1.54) is 73.8 Å². The van der Waals surface area contributed by atoms with Crippen molar-refractivity contribution in [2.75, 3.05) is 33.4 Å². The quantitative estimate of drug-likeness (QED) is 0.0378. The molecule has 0 fully saturated rings. The Kier molecular flexibility index (Phi) is 28.9. The summed E-state index contributed by atoms with van der Waals surface area (Å²) in [6.07, 6.45) is 25.1. The van der Waals surface area contributed by atoms with Crippen molar-refractivity contribution in [2.45, 2.75) is 208 Å². The molecule has 0 aliphatic carbocycles. The van der Waals surface area contributed by atoms with Gasteiger partial charge in [0, 0.05) is 45.1 Å². The highest BCUT2D eigenvalue weighted by molar-refractivity contribution is 7.47. The summed E-state index contributed by atoms with van der Waals surface area (Å²) in [5.74, 6) is 3.70. The van der Waals surface area contributed by atoms with E-state index in [4.69, 9.17) is 27.4 Å². The normalized spacial score (nSPS) is 13.1. The second-order valence-corrected chi connectivity index (χ2v) is 17.8. The molecule has 0 bridgehead atoms. The van der Waals surface area contributed by atoms with Crippen molar-refractivity contribution in [2.24, 2.45) is 0 Å². The Morgan fingerprint density at radius 1 is 0.644 bits per heavy atom. The highest BCUT2D eigenvalue weighted by Gasteiger charge is 2.26. The maximum Gasteiger partial charge on any atom is 0.472 e. The van der Waals surface area contributed by atoms with Gasteiger partial charge in [0.1, 0.15) is 29.6 Å². The first-order valence-corrected chi connectivity index (χ1v) is 24.8. The van der Waals surface area contributed by atoms with E-state index in [2.05, 4.69) is 46.0 Å². The monoisotopic (exact) mass is 852 g/mol. The number of aryl methyl sites for hydroxylation is 5. The molecule has 0 radical (unpaired) electrons. The van der Waals surface area contributed by atoms with Gasteiger partial charge < -0.3 is 28.5 Å². The third-order valence-electron chi connectivity index (χ3n) is 11.1. The zero-order valence-corrected chi connectivity index (χ0v) is 38.8. The molecule has 59 heavy (non-hydrogen) atoms. The molecule has 0 saturated heterocycles. The lowest BCUT2D eigenvalue weighted by Gasteiger charge is -2.20. The number of phosphoric acid groups is 1. The van der Waals surface area contributed by atoms with Crippen LogP contribution in [-0.2, 0) is 58.4 Å². The first-order valence-electron chi connectivity index (χ1n) is 23.3. The van der Waals surface area contributed by atoms with E-state index in [1.54, 1.807) is 7.05 Å². The lowest BCUT2D eigenvalue weighted by molar-refractivity contribution is -0.161. The van der Waals surface area contributed by atoms with Crippen LogP contribution < -0.4 is 5.32 Å². The molecule has 2 aromatic rings. The van der Waals surface area contributed by atoms with Crippen LogP contribution in [0.15, 0.2) is 14.9 Å². The molecular formula is C47H82NO10P. The number of phosphoric ester groups is 1. The third-order valence-corrected chi connectivity index (χ3v) is 12.1. The van der Waals surface area contributed by atoms with E-state index in [-0.39, 0.29) is 26.1 Å². The number of nitrogens with one attached hydrogen (secondary N) is 1. The van der Waals surface area contributed by atoms with Gasteiger partial charge in [-0.05, 0) is 89.1 Å². The number of furan rings is 2. The van der Waals surface area contributed by atoms with Crippen molar-refractivity contribution in [1.29, 1.82) is 0 Å². The van der Waals surface area contributed by atoms with Crippen LogP contribution in [0.25, 0.3) is 0 Å². The lowest BCUT2D eigenvalue weighted by atomic mass is 10.0. The molecule has 0 aliphatic rings. The highest BCUT2D eigenvalue weighted by atomic mass is 31.2. The largest absolute Gasteiger partial charge is 0.472 e.